The Morgan fingerprint density at radius 2 is 2.19 bits per heavy atom. The number of ether oxygens (including phenoxy) is 1. The molecule has 1 aromatic rings. The summed E-state index contributed by atoms with van der Waals surface area (Å²) in [7, 11) is 0. The van der Waals surface area contributed by atoms with Crippen LogP contribution in [0.3, 0.4) is 0 Å². The molecule has 0 spiro atoms. The van der Waals surface area contributed by atoms with Crippen molar-refractivity contribution in [1.29, 1.82) is 0 Å². The zero-order chi connectivity index (χ0) is 12.2. The van der Waals surface area contributed by atoms with Gasteiger partial charge in [-0.05, 0) is 31.0 Å². The molecule has 1 unspecified atom stereocenters. The molecule has 0 heterocycles. The Labute approximate surface area is 100.0 Å². The van der Waals surface area contributed by atoms with E-state index >= 15 is 0 Å². The van der Waals surface area contributed by atoms with E-state index < -0.39 is 11.6 Å². The van der Waals surface area contributed by atoms with E-state index in [-0.39, 0.29) is 0 Å². The molecule has 16 heavy (non-hydrogen) atoms. The van der Waals surface area contributed by atoms with Crippen molar-refractivity contribution in [1.82, 2.24) is 0 Å². The molecule has 0 saturated carbocycles. The van der Waals surface area contributed by atoms with Gasteiger partial charge in [0.15, 0.2) is 5.60 Å². The highest BCUT2D eigenvalue weighted by Crippen LogP contribution is 2.31. The van der Waals surface area contributed by atoms with Gasteiger partial charge in [0.25, 0.3) is 0 Å². The van der Waals surface area contributed by atoms with E-state index in [2.05, 4.69) is 0 Å². The number of hydrogen-bond acceptors (Lipinski definition) is 2. The minimum atomic E-state index is -1.29. The smallest absolute Gasteiger partial charge is 0.340 e. The SMILES string of the molecule is CCOC(CC)(C(=O)O)c1cccc(Cl)c1. The largest absolute Gasteiger partial charge is 0.479 e. The van der Waals surface area contributed by atoms with Crippen molar-refractivity contribution >= 4 is 17.6 Å². The van der Waals surface area contributed by atoms with Crippen LogP contribution in [0.5, 0.6) is 0 Å². The number of carboxylic acids is 1. The predicted octanol–water partition coefficient (Wildman–Crippen LogP) is 3.07. The first kappa shape index (κ1) is 13.0. The van der Waals surface area contributed by atoms with Gasteiger partial charge < -0.3 is 9.84 Å². The van der Waals surface area contributed by atoms with E-state index in [0.717, 1.165) is 0 Å². The van der Waals surface area contributed by atoms with E-state index in [1.54, 1.807) is 38.1 Å². The van der Waals surface area contributed by atoms with Gasteiger partial charge in [-0.1, -0.05) is 30.7 Å². The maximum absolute atomic E-state index is 11.4. The molecule has 0 aliphatic rings. The van der Waals surface area contributed by atoms with Crippen LogP contribution in [0, 0.1) is 0 Å². The molecule has 0 fully saturated rings. The fraction of sp³-hybridized carbons (Fsp3) is 0.417. The Morgan fingerprint density at radius 3 is 2.62 bits per heavy atom. The molecular weight excluding hydrogens is 228 g/mol. The van der Waals surface area contributed by atoms with E-state index in [1.165, 1.54) is 0 Å². The zero-order valence-corrected chi connectivity index (χ0v) is 10.1. The normalized spacial score (nSPS) is 14.4. The van der Waals surface area contributed by atoms with Crippen molar-refractivity contribution < 1.29 is 14.6 Å². The van der Waals surface area contributed by atoms with Gasteiger partial charge in [0.1, 0.15) is 0 Å². The third-order valence-electron chi connectivity index (χ3n) is 2.53. The molecule has 0 bridgehead atoms. The number of rotatable bonds is 5. The molecule has 0 amide bonds. The highest BCUT2D eigenvalue weighted by atomic mass is 35.5. The van der Waals surface area contributed by atoms with Crippen LogP contribution in [0.1, 0.15) is 25.8 Å². The molecule has 0 aliphatic carbocycles. The third kappa shape index (κ3) is 2.36. The number of halogens is 1. The molecule has 88 valence electrons. The highest BCUT2D eigenvalue weighted by molar-refractivity contribution is 6.30. The second kappa shape index (κ2) is 5.32. The first-order chi connectivity index (χ1) is 7.56. The molecule has 1 N–H and O–H groups in total. The number of carboxylic acid groups (broad SMARTS) is 1. The van der Waals surface area contributed by atoms with Crippen molar-refractivity contribution in [3.8, 4) is 0 Å². The monoisotopic (exact) mass is 242 g/mol. The lowest BCUT2D eigenvalue weighted by molar-refractivity contribution is -0.167. The summed E-state index contributed by atoms with van der Waals surface area (Å²) in [6.45, 7) is 3.90. The maximum atomic E-state index is 11.4. The number of hydrogen-bond donors (Lipinski definition) is 1. The molecule has 0 saturated heterocycles. The van der Waals surface area contributed by atoms with Crippen molar-refractivity contribution in [3.05, 3.63) is 34.9 Å². The molecule has 3 nitrogen and oxygen atoms in total. The summed E-state index contributed by atoms with van der Waals surface area (Å²) in [4.78, 5) is 11.4. The van der Waals surface area contributed by atoms with Gasteiger partial charge in [0.2, 0.25) is 0 Å². The average Bonchev–Trinajstić information content (AvgIpc) is 2.25. The molecule has 1 aromatic carbocycles. The third-order valence-corrected chi connectivity index (χ3v) is 2.76. The summed E-state index contributed by atoms with van der Waals surface area (Å²) in [6, 6.07) is 6.79. The maximum Gasteiger partial charge on any atom is 0.340 e. The molecule has 0 aromatic heterocycles. The Morgan fingerprint density at radius 1 is 1.50 bits per heavy atom. The second-order valence-electron chi connectivity index (χ2n) is 3.43. The van der Waals surface area contributed by atoms with Crippen molar-refractivity contribution in [2.24, 2.45) is 0 Å². The summed E-state index contributed by atoms with van der Waals surface area (Å²) in [6.07, 6.45) is 0.358. The van der Waals surface area contributed by atoms with Crippen molar-refractivity contribution in [2.45, 2.75) is 25.9 Å². The van der Waals surface area contributed by atoms with Crippen LogP contribution in [0.4, 0.5) is 0 Å². The predicted molar refractivity (Wildman–Crippen MR) is 62.7 cm³/mol. The minimum absolute atomic E-state index is 0.340. The van der Waals surface area contributed by atoms with Crippen LogP contribution >= 0.6 is 11.6 Å². The van der Waals surface area contributed by atoms with Crippen LogP contribution in [-0.4, -0.2) is 17.7 Å². The lowest BCUT2D eigenvalue weighted by Gasteiger charge is -2.28. The Bertz CT molecular complexity index is 378. The standard InChI is InChI=1S/C12H15ClO3/c1-3-12(11(14)15,16-4-2)9-6-5-7-10(13)8-9/h5-8H,3-4H2,1-2H3,(H,14,15). The van der Waals surface area contributed by atoms with Crippen molar-refractivity contribution in [3.63, 3.8) is 0 Å². The number of benzene rings is 1. The van der Waals surface area contributed by atoms with Crippen LogP contribution in [-0.2, 0) is 15.1 Å². The molecule has 4 heteroatoms. The van der Waals surface area contributed by atoms with Crippen molar-refractivity contribution in [2.75, 3.05) is 6.61 Å². The quantitative estimate of drug-likeness (QED) is 0.863. The summed E-state index contributed by atoms with van der Waals surface area (Å²) in [5.74, 6) is -0.987. The average molecular weight is 243 g/mol. The van der Waals surface area contributed by atoms with E-state index in [9.17, 15) is 9.90 Å². The van der Waals surface area contributed by atoms with Crippen LogP contribution in [0.25, 0.3) is 0 Å². The topological polar surface area (TPSA) is 46.5 Å². The summed E-state index contributed by atoms with van der Waals surface area (Å²) in [5.41, 5.74) is -0.712. The van der Waals surface area contributed by atoms with E-state index in [0.29, 0.717) is 23.6 Å². The van der Waals surface area contributed by atoms with Crippen LogP contribution in [0.15, 0.2) is 24.3 Å². The van der Waals surface area contributed by atoms with Gasteiger partial charge in [-0.25, -0.2) is 4.79 Å². The molecule has 1 atom stereocenters. The second-order valence-corrected chi connectivity index (χ2v) is 3.87. The zero-order valence-electron chi connectivity index (χ0n) is 9.37. The number of carbonyl (C=O) groups is 1. The van der Waals surface area contributed by atoms with Crippen LogP contribution in [0.2, 0.25) is 5.02 Å². The molecule has 0 radical (unpaired) electrons. The summed E-state index contributed by atoms with van der Waals surface area (Å²) < 4.78 is 5.42. The molecule has 1 rings (SSSR count). The van der Waals surface area contributed by atoms with E-state index in [4.69, 9.17) is 16.3 Å². The van der Waals surface area contributed by atoms with Crippen LogP contribution < -0.4 is 0 Å². The summed E-state index contributed by atoms with van der Waals surface area (Å²) in [5, 5.41) is 9.84. The first-order valence-corrected chi connectivity index (χ1v) is 5.58. The first-order valence-electron chi connectivity index (χ1n) is 5.20. The molecular formula is C12H15ClO3. The Balaban J connectivity index is 3.24. The lowest BCUT2D eigenvalue weighted by atomic mass is 9.91. The van der Waals surface area contributed by atoms with Gasteiger partial charge in [0, 0.05) is 11.6 Å². The summed E-state index contributed by atoms with van der Waals surface area (Å²) >= 11 is 5.86. The number of aliphatic carboxylic acids is 1. The Kier molecular flexibility index (Phi) is 4.33. The van der Waals surface area contributed by atoms with Gasteiger partial charge in [-0.2, -0.15) is 0 Å². The fourth-order valence-electron chi connectivity index (χ4n) is 1.71. The van der Waals surface area contributed by atoms with Gasteiger partial charge >= 0.3 is 5.97 Å². The van der Waals surface area contributed by atoms with Gasteiger partial charge in [-0.3, -0.25) is 0 Å². The van der Waals surface area contributed by atoms with Gasteiger partial charge in [-0.15, -0.1) is 0 Å². The fourth-order valence-corrected chi connectivity index (χ4v) is 1.90. The van der Waals surface area contributed by atoms with Gasteiger partial charge in [0.05, 0.1) is 0 Å². The Hall–Kier alpha value is -1.06. The minimum Gasteiger partial charge on any atom is -0.479 e. The van der Waals surface area contributed by atoms with E-state index in [1.807, 2.05) is 0 Å². The highest BCUT2D eigenvalue weighted by Gasteiger charge is 2.39. The molecule has 0 aliphatic heterocycles. The lowest BCUT2D eigenvalue weighted by Crippen LogP contribution is -2.38.